The highest BCUT2D eigenvalue weighted by Crippen LogP contribution is 2.21. The van der Waals surface area contributed by atoms with E-state index in [-0.39, 0.29) is 5.69 Å². The third-order valence-corrected chi connectivity index (χ3v) is 3.16. The molecule has 1 heterocycles. The van der Waals surface area contributed by atoms with Crippen molar-refractivity contribution < 1.29 is 14.6 Å². The van der Waals surface area contributed by atoms with E-state index in [1.54, 1.807) is 18.2 Å². The number of non-ortho nitro benzene ring substituents is 1. The molecule has 0 saturated heterocycles. The Labute approximate surface area is 125 Å². The molecule has 22 heavy (non-hydrogen) atoms. The topological polar surface area (TPSA) is 81.8 Å². The van der Waals surface area contributed by atoms with E-state index in [0.717, 1.165) is 5.56 Å². The van der Waals surface area contributed by atoms with Crippen LogP contribution in [0.5, 0.6) is 0 Å². The van der Waals surface area contributed by atoms with Crippen LogP contribution in [0.4, 0.5) is 5.69 Å². The Balaban J connectivity index is 1.96. The zero-order chi connectivity index (χ0) is 15.5. The van der Waals surface area contributed by atoms with Crippen LogP contribution in [-0.2, 0) is 9.63 Å². The molecule has 0 spiro atoms. The van der Waals surface area contributed by atoms with Gasteiger partial charge in [0.2, 0.25) is 0 Å². The Bertz CT molecular complexity index is 793. The summed E-state index contributed by atoms with van der Waals surface area (Å²) in [4.78, 5) is 26.7. The molecule has 1 aliphatic heterocycles. The van der Waals surface area contributed by atoms with Crippen LogP contribution in [0.15, 0.2) is 65.3 Å². The Morgan fingerprint density at radius 3 is 2.36 bits per heavy atom. The van der Waals surface area contributed by atoms with Crippen molar-refractivity contribution in [1.29, 1.82) is 0 Å². The fourth-order valence-corrected chi connectivity index (χ4v) is 2.07. The summed E-state index contributed by atoms with van der Waals surface area (Å²) < 4.78 is 0. The first-order chi connectivity index (χ1) is 10.6. The first kappa shape index (κ1) is 13.7. The normalized spacial score (nSPS) is 15.5. The number of nitrogens with zero attached hydrogens (tertiary/aromatic N) is 2. The van der Waals surface area contributed by atoms with Gasteiger partial charge >= 0.3 is 5.97 Å². The van der Waals surface area contributed by atoms with Crippen LogP contribution in [0.1, 0.15) is 11.1 Å². The molecule has 0 fully saturated rings. The number of nitro benzene ring substituents is 1. The van der Waals surface area contributed by atoms with E-state index in [4.69, 9.17) is 4.84 Å². The van der Waals surface area contributed by atoms with Gasteiger partial charge in [-0.05, 0) is 23.8 Å². The smallest absolute Gasteiger partial charge is 0.312 e. The molecule has 2 aromatic rings. The van der Waals surface area contributed by atoms with Crippen LogP contribution in [-0.4, -0.2) is 16.6 Å². The number of nitro groups is 1. The highest BCUT2D eigenvalue weighted by atomic mass is 16.7. The number of carbonyl (C=O) groups excluding carboxylic acids is 1. The molecule has 0 atom stereocenters. The lowest BCUT2D eigenvalue weighted by molar-refractivity contribution is -0.384. The van der Waals surface area contributed by atoms with E-state index in [9.17, 15) is 14.9 Å². The van der Waals surface area contributed by atoms with Gasteiger partial charge in [0.1, 0.15) is 5.71 Å². The third-order valence-electron chi connectivity index (χ3n) is 3.16. The van der Waals surface area contributed by atoms with Crippen LogP contribution in [0, 0.1) is 10.1 Å². The minimum atomic E-state index is -0.544. The van der Waals surface area contributed by atoms with E-state index in [0.29, 0.717) is 16.8 Å². The molecule has 108 valence electrons. The average Bonchev–Trinajstić information content (AvgIpc) is 2.90. The Hall–Kier alpha value is -3.28. The van der Waals surface area contributed by atoms with Crippen molar-refractivity contribution in [3.8, 4) is 0 Å². The van der Waals surface area contributed by atoms with Gasteiger partial charge in [0.05, 0.1) is 10.5 Å². The van der Waals surface area contributed by atoms with Gasteiger partial charge in [0, 0.05) is 17.7 Å². The van der Waals surface area contributed by atoms with Crippen molar-refractivity contribution in [2.45, 2.75) is 0 Å². The molecule has 0 aromatic heterocycles. The molecular weight excluding hydrogens is 284 g/mol. The monoisotopic (exact) mass is 294 g/mol. The Morgan fingerprint density at radius 2 is 1.73 bits per heavy atom. The maximum atomic E-state index is 11.8. The van der Waals surface area contributed by atoms with E-state index >= 15 is 0 Å². The van der Waals surface area contributed by atoms with Gasteiger partial charge in [-0.15, -0.1) is 0 Å². The van der Waals surface area contributed by atoms with Gasteiger partial charge < -0.3 is 4.84 Å². The zero-order valence-electron chi connectivity index (χ0n) is 11.3. The van der Waals surface area contributed by atoms with E-state index in [1.165, 1.54) is 12.1 Å². The number of hydrogen-bond donors (Lipinski definition) is 0. The molecule has 6 heteroatoms. The predicted octanol–water partition coefficient (Wildman–Crippen LogP) is 2.94. The molecule has 3 rings (SSSR count). The molecule has 0 N–H and O–H groups in total. The molecule has 0 saturated carbocycles. The number of hydrogen-bond acceptors (Lipinski definition) is 5. The second-order valence-electron chi connectivity index (χ2n) is 4.59. The van der Waals surface area contributed by atoms with Crippen LogP contribution in [0.3, 0.4) is 0 Å². The predicted molar refractivity (Wildman–Crippen MR) is 80.1 cm³/mol. The van der Waals surface area contributed by atoms with Gasteiger partial charge in [0.15, 0.2) is 0 Å². The average molecular weight is 294 g/mol. The van der Waals surface area contributed by atoms with Crippen molar-refractivity contribution in [1.82, 2.24) is 0 Å². The van der Waals surface area contributed by atoms with Crippen LogP contribution < -0.4 is 0 Å². The summed E-state index contributed by atoms with van der Waals surface area (Å²) in [6.07, 6.45) is 1.60. The molecule has 2 aromatic carbocycles. The fourth-order valence-electron chi connectivity index (χ4n) is 2.07. The second-order valence-corrected chi connectivity index (χ2v) is 4.59. The fraction of sp³-hybridized carbons (Fsp3) is 0. The second kappa shape index (κ2) is 5.61. The van der Waals surface area contributed by atoms with Gasteiger partial charge in [-0.3, -0.25) is 10.1 Å². The van der Waals surface area contributed by atoms with Gasteiger partial charge in [-0.25, -0.2) is 4.79 Å². The first-order valence-corrected chi connectivity index (χ1v) is 6.46. The van der Waals surface area contributed by atoms with Gasteiger partial charge in [0.25, 0.3) is 5.69 Å². The van der Waals surface area contributed by atoms with E-state index in [2.05, 4.69) is 5.16 Å². The van der Waals surface area contributed by atoms with E-state index < -0.39 is 10.9 Å². The summed E-state index contributed by atoms with van der Waals surface area (Å²) in [5.41, 5.74) is 2.18. The molecule has 0 unspecified atom stereocenters. The van der Waals surface area contributed by atoms with Crippen molar-refractivity contribution >= 4 is 23.4 Å². The number of benzene rings is 2. The number of carbonyl (C=O) groups is 1. The van der Waals surface area contributed by atoms with Crippen molar-refractivity contribution in [3.05, 3.63) is 81.4 Å². The van der Waals surface area contributed by atoms with Crippen molar-refractivity contribution in [2.75, 3.05) is 0 Å². The number of rotatable bonds is 3. The largest absolute Gasteiger partial charge is 0.368 e. The minimum absolute atomic E-state index is 0.00639. The lowest BCUT2D eigenvalue weighted by Gasteiger charge is -2.00. The van der Waals surface area contributed by atoms with E-state index in [1.807, 2.05) is 30.3 Å². The maximum Gasteiger partial charge on any atom is 0.368 e. The molecule has 1 aliphatic rings. The molecule has 0 radical (unpaired) electrons. The maximum absolute atomic E-state index is 11.8. The van der Waals surface area contributed by atoms with Gasteiger partial charge in [-0.2, -0.15) is 0 Å². The first-order valence-electron chi connectivity index (χ1n) is 6.46. The lowest BCUT2D eigenvalue weighted by atomic mass is 10.0. The molecule has 0 amide bonds. The summed E-state index contributed by atoms with van der Waals surface area (Å²) >= 11 is 0. The quantitative estimate of drug-likeness (QED) is 0.377. The highest BCUT2D eigenvalue weighted by Gasteiger charge is 2.26. The van der Waals surface area contributed by atoms with Crippen LogP contribution >= 0.6 is 0 Å². The molecule has 0 aliphatic carbocycles. The minimum Gasteiger partial charge on any atom is -0.312 e. The molecular formula is C16H10N2O4. The summed E-state index contributed by atoms with van der Waals surface area (Å²) in [5.74, 6) is -0.544. The van der Waals surface area contributed by atoms with Crippen LogP contribution in [0.2, 0.25) is 0 Å². The Morgan fingerprint density at radius 1 is 1.05 bits per heavy atom. The SMILES string of the molecule is O=C1ON=C(c2ccccc2)C1=Cc1ccc([N+](=O)[O-])cc1. The zero-order valence-corrected chi connectivity index (χ0v) is 11.3. The van der Waals surface area contributed by atoms with Crippen molar-refractivity contribution in [2.24, 2.45) is 5.16 Å². The van der Waals surface area contributed by atoms with Gasteiger partial charge in [-0.1, -0.05) is 35.5 Å². The summed E-state index contributed by atoms with van der Waals surface area (Å²) in [5, 5.41) is 14.4. The Kier molecular flexibility index (Phi) is 3.49. The summed E-state index contributed by atoms with van der Waals surface area (Å²) in [6, 6.07) is 15.1. The number of oxime groups is 1. The molecule has 6 nitrogen and oxygen atoms in total. The summed E-state index contributed by atoms with van der Waals surface area (Å²) in [7, 11) is 0. The third kappa shape index (κ3) is 2.62. The van der Waals surface area contributed by atoms with Crippen molar-refractivity contribution in [3.63, 3.8) is 0 Å². The lowest BCUT2D eigenvalue weighted by Crippen LogP contribution is -2.06. The summed E-state index contributed by atoms with van der Waals surface area (Å²) in [6.45, 7) is 0. The highest BCUT2D eigenvalue weighted by molar-refractivity contribution is 6.31. The molecule has 0 bridgehead atoms. The van der Waals surface area contributed by atoms with Crippen LogP contribution in [0.25, 0.3) is 6.08 Å². The standard InChI is InChI=1S/C16H10N2O4/c19-16-14(10-11-6-8-13(9-7-11)18(20)21)15(17-22-16)12-4-2-1-3-5-12/h1-10H.